The van der Waals surface area contributed by atoms with Crippen molar-refractivity contribution in [1.82, 2.24) is 9.80 Å². The molecular weight excluding hydrogens is 227 g/mol. The number of likely N-dealkylation sites (N-methyl/N-ethyl adjacent to an activating group) is 2. The Hall–Kier alpha value is 0.990. The van der Waals surface area contributed by atoms with Crippen molar-refractivity contribution in [2.24, 2.45) is 0 Å². The van der Waals surface area contributed by atoms with Gasteiger partial charge in [0.15, 0.2) is 0 Å². The zero-order valence-electron chi connectivity index (χ0n) is 10.8. The molecule has 5 nitrogen and oxygen atoms in total. The first-order valence-electron chi connectivity index (χ1n) is 4.83. The van der Waals surface area contributed by atoms with Crippen LogP contribution in [-0.2, 0) is 11.4 Å². The maximum Gasteiger partial charge on any atom is 1.00 e. The smallest absolute Gasteiger partial charge is 1.00 e. The zero-order chi connectivity index (χ0) is 11.0. The van der Waals surface area contributed by atoms with Gasteiger partial charge >= 0.3 is 29.6 Å². The normalized spacial score (nSPS) is 19.7. The van der Waals surface area contributed by atoms with Crippen molar-refractivity contribution in [2.45, 2.75) is 13.8 Å². The van der Waals surface area contributed by atoms with Crippen LogP contribution in [0.5, 0.6) is 0 Å². The molecule has 0 aromatic rings. The molecule has 1 fully saturated rings. The SMILES string of the molecule is CCN1CCN(CC)CC1.O=S([O-])O.[H-].[Na+]. The molecule has 1 unspecified atom stereocenters. The van der Waals surface area contributed by atoms with Crippen molar-refractivity contribution in [1.29, 1.82) is 0 Å². The largest absolute Gasteiger partial charge is 1.00 e. The van der Waals surface area contributed by atoms with Crippen LogP contribution in [0.25, 0.3) is 0 Å². The predicted molar refractivity (Wildman–Crippen MR) is 56.9 cm³/mol. The minimum atomic E-state index is -2.86. The van der Waals surface area contributed by atoms with Gasteiger partial charge in [0.05, 0.1) is 11.4 Å². The van der Waals surface area contributed by atoms with E-state index in [1.54, 1.807) is 0 Å². The van der Waals surface area contributed by atoms with Crippen LogP contribution < -0.4 is 29.6 Å². The molecule has 1 aliphatic rings. The Bertz CT molecular complexity index is 155. The summed E-state index contributed by atoms with van der Waals surface area (Å²) in [4.78, 5) is 5.01. The maximum atomic E-state index is 8.56. The van der Waals surface area contributed by atoms with Crippen LogP contribution in [0.1, 0.15) is 15.3 Å². The Morgan fingerprint density at radius 1 is 1.20 bits per heavy atom. The van der Waals surface area contributed by atoms with E-state index in [1.165, 1.54) is 39.3 Å². The Balaban J connectivity index is -0.000000249. The molecule has 0 saturated carbocycles. The fourth-order valence-electron chi connectivity index (χ4n) is 1.42. The van der Waals surface area contributed by atoms with Crippen molar-refractivity contribution >= 4 is 11.4 Å². The average molecular weight is 247 g/mol. The minimum absolute atomic E-state index is 0. The fraction of sp³-hybridized carbons (Fsp3) is 1.00. The summed E-state index contributed by atoms with van der Waals surface area (Å²) in [5, 5.41) is 0. The summed E-state index contributed by atoms with van der Waals surface area (Å²) in [5.74, 6) is 0. The molecule has 88 valence electrons. The van der Waals surface area contributed by atoms with E-state index in [2.05, 4.69) is 23.6 Å². The summed E-state index contributed by atoms with van der Waals surface area (Å²) < 4.78 is 24.1. The Kier molecular flexibility index (Phi) is 14.0. The zero-order valence-corrected chi connectivity index (χ0v) is 12.6. The van der Waals surface area contributed by atoms with Gasteiger partial charge < -0.3 is 20.3 Å². The third-order valence-electron chi connectivity index (χ3n) is 2.36. The first kappa shape index (κ1) is 18.4. The standard InChI is InChI=1S/C8H18N2.Na.H2O3S.H/c1-3-9-5-7-10(4-2)8-6-9;;1-4(2)3;/h3-8H2,1-2H3;;(H2,1,2,3);/q;+1;;-1/p-1. The summed E-state index contributed by atoms with van der Waals surface area (Å²) in [6.07, 6.45) is 0. The molecule has 0 radical (unpaired) electrons. The van der Waals surface area contributed by atoms with E-state index in [-0.39, 0.29) is 31.0 Å². The second kappa shape index (κ2) is 11.5. The molecular formula is C8H20N2NaO3S-. The van der Waals surface area contributed by atoms with Crippen molar-refractivity contribution in [2.75, 3.05) is 39.3 Å². The second-order valence-corrected chi connectivity index (χ2v) is 3.52. The maximum absolute atomic E-state index is 8.56. The van der Waals surface area contributed by atoms with Crippen LogP contribution in [0.2, 0.25) is 0 Å². The van der Waals surface area contributed by atoms with E-state index in [9.17, 15) is 0 Å². The second-order valence-electron chi connectivity index (χ2n) is 3.09. The van der Waals surface area contributed by atoms with E-state index in [0.717, 1.165) is 0 Å². The molecule has 1 rings (SSSR count). The van der Waals surface area contributed by atoms with Gasteiger partial charge in [-0.2, -0.15) is 0 Å². The van der Waals surface area contributed by atoms with Crippen molar-refractivity contribution in [3.8, 4) is 0 Å². The van der Waals surface area contributed by atoms with Gasteiger partial charge in [-0.3, -0.25) is 0 Å². The quantitative estimate of drug-likeness (QED) is 0.419. The summed E-state index contributed by atoms with van der Waals surface area (Å²) in [6, 6.07) is 0. The monoisotopic (exact) mass is 247 g/mol. The molecule has 1 atom stereocenters. The molecule has 1 saturated heterocycles. The van der Waals surface area contributed by atoms with Crippen LogP contribution in [-0.4, -0.2) is 62.4 Å². The molecule has 0 aromatic carbocycles. The number of piperazine rings is 1. The third kappa shape index (κ3) is 11.3. The summed E-state index contributed by atoms with van der Waals surface area (Å²) >= 11 is -2.86. The summed E-state index contributed by atoms with van der Waals surface area (Å²) in [5.41, 5.74) is 0. The van der Waals surface area contributed by atoms with E-state index < -0.39 is 11.4 Å². The molecule has 0 bridgehead atoms. The number of rotatable bonds is 2. The van der Waals surface area contributed by atoms with Crippen LogP contribution in [0, 0.1) is 0 Å². The Morgan fingerprint density at radius 3 is 1.53 bits per heavy atom. The van der Waals surface area contributed by atoms with Gasteiger partial charge in [-0.1, -0.05) is 13.8 Å². The van der Waals surface area contributed by atoms with E-state index in [4.69, 9.17) is 13.3 Å². The van der Waals surface area contributed by atoms with Gasteiger partial charge in [0.1, 0.15) is 0 Å². The Morgan fingerprint density at radius 2 is 1.40 bits per heavy atom. The van der Waals surface area contributed by atoms with Crippen LogP contribution in [0.3, 0.4) is 0 Å². The van der Waals surface area contributed by atoms with Crippen LogP contribution >= 0.6 is 0 Å². The van der Waals surface area contributed by atoms with Crippen LogP contribution in [0.4, 0.5) is 0 Å². The molecule has 15 heavy (non-hydrogen) atoms. The van der Waals surface area contributed by atoms with E-state index >= 15 is 0 Å². The number of hydrogen-bond acceptors (Lipinski definition) is 4. The van der Waals surface area contributed by atoms with Gasteiger partial charge in [0.2, 0.25) is 0 Å². The first-order valence-corrected chi connectivity index (χ1v) is 5.86. The molecule has 0 amide bonds. The molecule has 1 N–H and O–H groups in total. The Labute approximate surface area is 118 Å². The minimum Gasteiger partial charge on any atom is -1.00 e. The number of hydrogen-bond donors (Lipinski definition) is 1. The fourth-order valence-corrected chi connectivity index (χ4v) is 1.42. The van der Waals surface area contributed by atoms with Gasteiger partial charge in [-0.05, 0) is 13.1 Å². The topological polar surface area (TPSA) is 66.8 Å². The van der Waals surface area contributed by atoms with Crippen LogP contribution in [0.15, 0.2) is 0 Å². The van der Waals surface area contributed by atoms with Crippen molar-refractivity contribution < 1.29 is 44.3 Å². The molecule has 7 heteroatoms. The third-order valence-corrected chi connectivity index (χ3v) is 2.36. The summed E-state index contributed by atoms with van der Waals surface area (Å²) in [7, 11) is 0. The predicted octanol–water partition coefficient (Wildman–Crippen LogP) is -2.90. The molecule has 0 spiro atoms. The van der Waals surface area contributed by atoms with Crippen molar-refractivity contribution in [3.63, 3.8) is 0 Å². The van der Waals surface area contributed by atoms with Gasteiger partial charge in [0, 0.05) is 26.2 Å². The van der Waals surface area contributed by atoms with E-state index in [1.807, 2.05) is 0 Å². The molecule has 0 aliphatic carbocycles. The molecule has 0 aromatic heterocycles. The summed E-state index contributed by atoms with van der Waals surface area (Å²) in [6.45, 7) is 12.0. The van der Waals surface area contributed by atoms with Crippen molar-refractivity contribution in [3.05, 3.63) is 0 Å². The van der Waals surface area contributed by atoms with Gasteiger partial charge in [-0.15, -0.1) is 0 Å². The average Bonchev–Trinajstić information content (AvgIpc) is 2.17. The first-order chi connectivity index (χ1) is 6.60. The van der Waals surface area contributed by atoms with Gasteiger partial charge in [0.25, 0.3) is 0 Å². The number of nitrogens with zero attached hydrogens (tertiary/aromatic N) is 2. The van der Waals surface area contributed by atoms with Gasteiger partial charge in [-0.25, -0.2) is 4.21 Å². The molecule has 1 aliphatic heterocycles. The van der Waals surface area contributed by atoms with E-state index in [0.29, 0.717) is 0 Å². The molecule has 1 heterocycles.